The van der Waals surface area contributed by atoms with E-state index in [0.29, 0.717) is 11.8 Å². The third-order valence-electron chi connectivity index (χ3n) is 7.51. The smallest absolute Gasteiger partial charge is 0.178 e. The van der Waals surface area contributed by atoms with E-state index in [2.05, 4.69) is 19.9 Å². The maximum absolute atomic E-state index is 11.7. The highest BCUT2D eigenvalue weighted by molar-refractivity contribution is 6.01. The first-order valence-corrected chi connectivity index (χ1v) is 8.57. The number of carbonyl (C=O) groups is 1. The first-order chi connectivity index (χ1) is 9.95. The number of hydrogen-bond donors (Lipinski definition) is 1. The third kappa shape index (κ3) is 1.72. The molecule has 1 N–H and O–H groups in total. The summed E-state index contributed by atoms with van der Waals surface area (Å²) in [7, 11) is 0. The van der Waals surface area contributed by atoms with E-state index in [1.165, 1.54) is 24.8 Å². The van der Waals surface area contributed by atoms with Crippen LogP contribution in [0.4, 0.5) is 0 Å². The van der Waals surface area contributed by atoms with Gasteiger partial charge in [-0.3, -0.25) is 4.79 Å². The molecule has 0 heterocycles. The monoisotopic (exact) mass is 286 g/mol. The van der Waals surface area contributed by atoms with E-state index < -0.39 is 0 Å². The molecular formula is C19H26O2. The molecule has 4 aliphatic rings. The van der Waals surface area contributed by atoms with E-state index in [-0.39, 0.29) is 22.7 Å². The number of rotatable bonds is 0. The van der Waals surface area contributed by atoms with Gasteiger partial charge in [0, 0.05) is 5.41 Å². The van der Waals surface area contributed by atoms with Gasteiger partial charge < -0.3 is 5.11 Å². The van der Waals surface area contributed by atoms with Crippen molar-refractivity contribution in [3.8, 4) is 0 Å². The van der Waals surface area contributed by atoms with Crippen molar-refractivity contribution in [3.05, 3.63) is 23.8 Å². The zero-order chi connectivity index (χ0) is 14.8. The van der Waals surface area contributed by atoms with Gasteiger partial charge in [-0.05, 0) is 73.8 Å². The first-order valence-electron chi connectivity index (χ1n) is 8.57. The molecular weight excluding hydrogens is 260 g/mol. The number of aliphatic hydroxyl groups excluding tert-OH is 1. The number of allylic oxidation sites excluding steroid dienone is 4. The maximum atomic E-state index is 11.7. The summed E-state index contributed by atoms with van der Waals surface area (Å²) < 4.78 is 0. The molecule has 2 heteroatoms. The van der Waals surface area contributed by atoms with Crippen LogP contribution in [0.3, 0.4) is 0 Å². The Labute approximate surface area is 127 Å². The number of fused-ring (bicyclic) bond motifs is 5. The van der Waals surface area contributed by atoms with Crippen LogP contribution in [-0.2, 0) is 4.79 Å². The number of carbonyl (C=O) groups excluding carboxylic acids is 1. The Kier molecular flexibility index (Phi) is 2.83. The molecule has 0 aliphatic heterocycles. The first kappa shape index (κ1) is 13.8. The zero-order valence-corrected chi connectivity index (χ0v) is 13.1. The maximum Gasteiger partial charge on any atom is 0.178 e. The molecule has 0 saturated heterocycles. The average Bonchev–Trinajstić information content (AvgIpc) is 2.76. The third-order valence-corrected chi connectivity index (χ3v) is 7.51. The average molecular weight is 286 g/mol. The van der Waals surface area contributed by atoms with Crippen molar-refractivity contribution in [1.29, 1.82) is 0 Å². The van der Waals surface area contributed by atoms with Gasteiger partial charge in [-0.25, -0.2) is 0 Å². The standard InChI is InChI=1S/C19H26O2/c1-18-9-7-13(20)11-12(18)3-4-14-15-5-6-17(21)19(15,2)10-8-16(14)18/h7,9,11,14-17,21H,3-6,8,10H2,1-2H3/t14-,15-,16-,17-,18+,19-/m1/s1. The van der Waals surface area contributed by atoms with E-state index in [0.717, 1.165) is 25.2 Å². The van der Waals surface area contributed by atoms with Crippen LogP contribution in [0.25, 0.3) is 0 Å². The molecule has 114 valence electrons. The Balaban J connectivity index is 1.70. The topological polar surface area (TPSA) is 37.3 Å². The molecule has 6 atom stereocenters. The highest BCUT2D eigenvalue weighted by Crippen LogP contribution is 2.64. The SMILES string of the molecule is C[C@@]12CC[C@@H]3[C@H](CCC4=CC(=O)C=C[C@@]43C)[C@H]1CC[C@H]2O. The van der Waals surface area contributed by atoms with E-state index in [1.54, 1.807) is 6.08 Å². The molecule has 21 heavy (non-hydrogen) atoms. The Morgan fingerprint density at radius 2 is 1.95 bits per heavy atom. The van der Waals surface area contributed by atoms with Crippen molar-refractivity contribution in [2.45, 2.75) is 58.5 Å². The van der Waals surface area contributed by atoms with Crippen LogP contribution < -0.4 is 0 Å². The minimum Gasteiger partial charge on any atom is -0.393 e. The summed E-state index contributed by atoms with van der Waals surface area (Å²) >= 11 is 0. The summed E-state index contributed by atoms with van der Waals surface area (Å²) in [6.45, 7) is 4.66. The molecule has 0 aromatic carbocycles. The summed E-state index contributed by atoms with van der Waals surface area (Å²) in [4.78, 5) is 11.7. The van der Waals surface area contributed by atoms with Gasteiger partial charge in [0.25, 0.3) is 0 Å². The largest absolute Gasteiger partial charge is 0.393 e. The Bertz CT molecular complexity index is 546. The second-order valence-corrected chi connectivity index (χ2v) is 8.24. The lowest BCUT2D eigenvalue weighted by Crippen LogP contribution is -2.50. The van der Waals surface area contributed by atoms with Crippen molar-refractivity contribution in [2.75, 3.05) is 0 Å². The lowest BCUT2D eigenvalue weighted by molar-refractivity contribution is -0.111. The van der Waals surface area contributed by atoms with Crippen molar-refractivity contribution in [3.63, 3.8) is 0 Å². The highest BCUT2D eigenvalue weighted by Gasteiger charge is 2.58. The van der Waals surface area contributed by atoms with Crippen molar-refractivity contribution >= 4 is 5.78 Å². The minimum atomic E-state index is -0.100. The van der Waals surface area contributed by atoms with Crippen molar-refractivity contribution < 1.29 is 9.90 Å². The van der Waals surface area contributed by atoms with Crippen LogP contribution in [0.15, 0.2) is 23.8 Å². The van der Waals surface area contributed by atoms with Crippen LogP contribution in [0.1, 0.15) is 52.4 Å². The molecule has 0 bridgehead atoms. The van der Waals surface area contributed by atoms with Crippen molar-refractivity contribution in [1.82, 2.24) is 0 Å². The minimum absolute atomic E-state index is 0.0890. The van der Waals surface area contributed by atoms with Crippen LogP contribution >= 0.6 is 0 Å². The summed E-state index contributed by atoms with van der Waals surface area (Å²) in [5, 5.41) is 10.4. The number of hydrogen-bond acceptors (Lipinski definition) is 2. The highest BCUT2D eigenvalue weighted by atomic mass is 16.3. The van der Waals surface area contributed by atoms with Gasteiger partial charge in [0.15, 0.2) is 5.78 Å². The molecule has 3 saturated carbocycles. The van der Waals surface area contributed by atoms with Gasteiger partial charge in [0.05, 0.1) is 6.10 Å². The predicted molar refractivity (Wildman–Crippen MR) is 82.6 cm³/mol. The molecule has 0 aromatic rings. The fourth-order valence-electron chi connectivity index (χ4n) is 6.17. The lowest BCUT2D eigenvalue weighted by atomic mass is 9.48. The van der Waals surface area contributed by atoms with E-state index in [9.17, 15) is 9.90 Å². The van der Waals surface area contributed by atoms with Crippen molar-refractivity contribution in [2.24, 2.45) is 28.6 Å². The van der Waals surface area contributed by atoms with E-state index in [4.69, 9.17) is 0 Å². The molecule has 0 spiro atoms. The van der Waals surface area contributed by atoms with Crippen LogP contribution in [0, 0.1) is 28.6 Å². The molecule has 0 aromatic heterocycles. The molecule has 0 unspecified atom stereocenters. The molecule has 2 nitrogen and oxygen atoms in total. The van der Waals surface area contributed by atoms with Gasteiger partial charge in [0.1, 0.15) is 0 Å². The fourth-order valence-corrected chi connectivity index (χ4v) is 6.17. The summed E-state index contributed by atoms with van der Waals surface area (Å²) in [6.07, 6.45) is 12.6. The molecule has 3 fully saturated rings. The van der Waals surface area contributed by atoms with E-state index >= 15 is 0 Å². The zero-order valence-electron chi connectivity index (χ0n) is 13.1. The molecule has 0 radical (unpaired) electrons. The Hall–Kier alpha value is -0.890. The quantitative estimate of drug-likeness (QED) is 0.738. The van der Waals surface area contributed by atoms with Crippen LogP contribution in [0.2, 0.25) is 0 Å². The van der Waals surface area contributed by atoms with Gasteiger partial charge in [-0.1, -0.05) is 25.5 Å². The van der Waals surface area contributed by atoms with Crippen LogP contribution in [0.5, 0.6) is 0 Å². The summed E-state index contributed by atoms with van der Waals surface area (Å²) in [6, 6.07) is 0. The molecule has 0 amide bonds. The van der Waals surface area contributed by atoms with Crippen LogP contribution in [-0.4, -0.2) is 17.0 Å². The summed E-state index contributed by atoms with van der Waals surface area (Å²) in [5.74, 6) is 2.22. The summed E-state index contributed by atoms with van der Waals surface area (Å²) in [5.41, 5.74) is 1.59. The molecule has 4 rings (SSSR count). The van der Waals surface area contributed by atoms with Gasteiger partial charge >= 0.3 is 0 Å². The second kappa shape index (κ2) is 4.32. The Morgan fingerprint density at radius 3 is 2.76 bits per heavy atom. The lowest BCUT2D eigenvalue weighted by Gasteiger charge is -2.56. The number of ketones is 1. The van der Waals surface area contributed by atoms with Gasteiger partial charge in [-0.15, -0.1) is 0 Å². The second-order valence-electron chi connectivity index (χ2n) is 8.24. The predicted octanol–water partition coefficient (Wildman–Crippen LogP) is 3.66. The normalized spacial score (nSPS) is 52.0. The van der Waals surface area contributed by atoms with E-state index in [1.807, 2.05) is 6.08 Å². The Morgan fingerprint density at radius 1 is 1.14 bits per heavy atom. The number of aliphatic hydroxyl groups is 1. The fraction of sp³-hybridized carbons (Fsp3) is 0.737. The van der Waals surface area contributed by atoms with Gasteiger partial charge in [0.2, 0.25) is 0 Å². The molecule has 4 aliphatic carbocycles. The van der Waals surface area contributed by atoms with Gasteiger partial charge in [-0.2, -0.15) is 0 Å².